The monoisotopic (exact) mass is 363 g/mol. The Labute approximate surface area is 119 Å². The van der Waals surface area contributed by atoms with Crippen molar-refractivity contribution in [3.63, 3.8) is 0 Å². The Balaban J connectivity index is 4.26. The van der Waals surface area contributed by atoms with E-state index in [1.165, 1.54) is 0 Å². The second-order valence-corrected chi connectivity index (χ2v) is 10.2. The van der Waals surface area contributed by atoms with Gasteiger partial charge in [-0.15, -0.1) is 0 Å². The fourth-order valence-electron chi connectivity index (χ4n) is 1.27. The van der Waals surface area contributed by atoms with Gasteiger partial charge >= 0.3 is 0 Å². The first kappa shape index (κ1) is 18.3. The van der Waals surface area contributed by atoms with Crippen molar-refractivity contribution in [2.75, 3.05) is 29.6 Å². The molecule has 0 rings (SSSR count). The third kappa shape index (κ3) is 10.3. The molecule has 8 heteroatoms. The lowest BCUT2D eigenvalue weighted by molar-refractivity contribution is 0.332. The summed E-state index contributed by atoms with van der Waals surface area (Å²) in [5, 5.41) is 0.886. The normalized spacial score (nSPS) is 13.8. The Hall–Kier alpha value is 0.340. The first-order chi connectivity index (χ1) is 7.97. The lowest BCUT2D eigenvalue weighted by Gasteiger charge is -2.24. The summed E-state index contributed by atoms with van der Waals surface area (Å²) in [6, 6.07) is 0. The Bertz CT molecular complexity index is 442. The summed E-state index contributed by atoms with van der Waals surface area (Å²) in [6.07, 6.45) is 2.90. The molecule has 0 spiro atoms. The summed E-state index contributed by atoms with van der Waals surface area (Å²) in [4.78, 5) is 0. The molecule has 110 valence electrons. The molecular formula is C10H22BrNO4S2. The van der Waals surface area contributed by atoms with Gasteiger partial charge in [-0.3, -0.25) is 0 Å². The molecule has 0 aliphatic carbocycles. The largest absolute Gasteiger partial charge is 0.229 e. The summed E-state index contributed by atoms with van der Waals surface area (Å²) in [5.74, 6) is -0.718. The number of hydrogen-bond acceptors (Lipinski definition) is 4. The van der Waals surface area contributed by atoms with E-state index in [1.54, 1.807) is 0 Å². The highest BCUT2D eigenvalue weighted by molar-refractivity contribution is 9.09. The minimum absolute atomic E-state index is 0.133. The zero-order valence-corrected chi connectivity index (χ0v) is 14.3. The summed E-state index contributed by atoms with van der Waals surface area (Å²) < 4.78 is 47.5. The average molecular weight is 364 g/mol. The molecular weight excluding hydrogens is 342 g/mol. The standard InChI is InChI=1S/C10H22BrNO4S2/c1-10(2,5-4-6-11)9-12-18(15,16)8-7-17(3,13)14/h12H,4-9H2,1-3H3. The number of hydrogen-bond donors (Lipinski definition) is 1. The molecule has 0 radical (unpaired) electrons. The van der Waals surface area contributed by atoms with Crippen molar-refractivity contribution in [3.8, 4) is 0 Å². The lowest BCUT2D eigenvalue weighted by Crippen LogP contribution is -2.36. The highest BCUT2D eigenvalue weighted by Gasteiger charge is 2.21. The summed E-state index contributed by atoms with van der Waals surface area (Å²) in [5.41, 5.74) is -0.133. The first-order valence-electron chi connectivity index (χ1n) is 5.68. The number of halogens is 1. The van der Waals surface area contributed by atoms with Gasteiger partial charge < -0.3 is 0 Å². The molecule has 0 aromatic rings. The molecule has 5 nitrogen and oxygen atoms in total. The van der Waals surface area contributed by atoms with Gasteiger partial charge in [0.25, 0.3) is 0 Å². The van der Waals surface area contributed by atoms with Crippen LogP contribution in [0, 0.1) is 5.41 Å². The van der Waals surface area contributed by atoms with Crippen LogP contribution in [-0.4, -0.2) is 46.5 Å². The quantitative estimate of drug-likeness (QED) is 0.623. The summed E-state index contributed by atoms with van der Waals surface area (Å²) >= 11 is 3.33. The summed E-state index contributed by atoms with van der Waals surface area (Å²) in [7, 11) is -6.76. The molecule has 0 unspecified atom stereocenters. The third-order valence-corrected chi connectivity index (χ3v) is 5.57. The number of sulfone groups is 1. The Kier molecular flexibility index (Phi) is 7.35. The van der Waals surface area contributed by atoms with Gasteiger partial charge in [-0.25, -0.2) is 21.6 Å². The van der Waals surface area contributed by atoms with Gasteiger partial charge in [-0.05, 0) is 18.3 Å². The van der Waals surface area contributed by atoms with E-state index in [0.29, 0.717) is 6.54 Å². The van der Waals surface area contributed by atoms with Crippen molar-refractivity contribution in [2.24, 2.45) is 5.41 Å². The van der Waals surface area contributed by atoms with Crippen LogP contribution in [0.2, 0.25) is 0 Å². The summed E-state index contributed by atoms with van der Waals surface area (Å²) in [6.45, 7) is 4.29. The SMILES string of the molecule is CC(C)(CCCBr)CNS(=O)(=O)CCS(C)(=O)=O. The highest BCUT2D eigenvalue weighted by atomic mass is 79.9. The topological polar surface area (TPSA) is 80.3 Å². The number of alkyl halides is 1. The average Bonchev–Trinajstić information content (AvgIpc) is 2.21. The molecule has 0 aromatic heterocycles. The maximum atomic E-state index is 11.6. The predicted molar refractivity (Wildman–Crippen MR) is 78.3 cm³/mol. The molecule has 0 saturated carbocycles. The van der Waals surface area contributed by atoms with Gasteiger partial charge in [0.05, 0.1) is 11.5 Å². The van der Waals surface area contributed by atoms with Gasteiger partial charge in [0.15, 0.2) is 0 Å². The fourth-order valence-corrected chi connectivity index (χ4v) is 4.40. The zero-order chi connectivity index (χ0) is 14.4. The molecule has 0 aliphatic heterocycles. The second-order valence-electron chi connectivity index (χ2n) is 5.23. The molecule has 0 fully saturated rings. The van der Waals surface area contributed by atoms with Crippen molar-refractivity contribution in [1.29, 1.82) is 0 Å². The van der Waals surface area contributed by atoms with E-state index < -0.39 is 19.9 Å². The fraction of sp³-hybridized carbons (Fsp3) is 1.00. The van der Waals surface area contributed by atoms with Gasteiger partial charge in [0.1, 0.15) is 9.84 Å². The van der Waals surface area contributed by atoms with Gasteiger partial charge in [0.2, 0.25) is 10.0 Å². The van der Waals surface area contributed by atoms with E-state index in [1.807, 2.05) is 13.8 Å². The van der Waals surface area contributed by atoms with Crippen molar-refractivity contribution in [2.45, 2.75) is 26.7 Å². The van der Waals surface area contributed by atoms with Crippen LogP contribution in [0.1, 0.15) is 26.7 Å². The van der Waals surface area contributed by atoms with Crippen molar-refractivity contribution in [3.05, 3.63) is 0 Å². The molecule has 1 N–H and O–H groups in total. The van der Waals surface area contributed by atoms with Crippen LogP contribution < -0.4 is 4.72 Å². The van der Waals surface area contributed by atoms with Crippen molar-refractivity contribution >= 4 is 35.8 Å². The van der Waals surface area contributed by atoms with E-state index in [4.69, 9.17) is 0 Å². The molecule has 0 aromatic carbocycles. The van der Waals surface area contributed by atoms with Gasteiger partial charge in [-0.2, -0.15) is 0 Å². The van der Waals surface area contributed by atoms with Gasteiger partial charge in [-0.1, -0.05) is 29.8 Å². The van der Waals surface area contributed by atoms with Crippen LogP contribution in [-0.2, 0) is 19.9 Å². The van der Waals surface area contributed by atoms with Crippen LogP contribution in [0.3, 0.4) is 0 Å². The zero-order valence-electron chi connectivity index (χ0n) is 11.1. The van der Waals surface area contributed by atoms with Crippen LogP contribution >= 0.6 is 15.9 Å². The number of rotatable bonds is 9. The number of nitrogens with one attached hydrogen (secondary N) is 1. The van der Waals surface area contributed by atoms with E-state index in [-0.39, 0.29) is 16.9 Å². The molecule has 0 saturated heterocycles. The maximum absolute atomic E-state index is 11.6. The highest BCUT2D eigenvalue weighted by Crippen LogP contribution is 2.21. The Morgan fingerprint density at radius 2 is 1.67 bits per heavy atom. The van der Waals surface area contributed by atoms with Crippen LogP contribution in [0.5, 0.6) is 0 Å². The van der Waals surface area contributed by atoms with E-state index in [0.717, 1.165) is 24.4 Å². The molecule has 0 amide bonds. The lowest BCUT2D eigenvalue weighted by atomic mass is 9.88. The van der Waals surface area contributed by atoms with Crippen molar-refractivity contribution < 1.29 is 16.8 Å². The first-order valence-corrected chi connectivity index (χ1v) is 10.5. The van der Waals surface area contributed by atoms with Crippen molar-refractivity contribution in [1.82, 2.24) is 4.72 Å². The Morgan fingerprint density at radius 3 is 2.11 bits per heavy atom. The smallest absolute Gasteiger partial charge is 0.212 e. The molecule has 18 heavy (non-hydrogen) atoms. The maximum Gasteiger partial charge on any atom is 0.212 e. The number of sulfonamides is 1. The van der Waals surface area contributed by atoms with E-state index in [9.17, 15) is 16.8 Å². The second kappa shape index (κ2) is 7.21. The molecule has 0 atom stereocenters. The molecule has 0 aliphatic rings. The minimum Gasteiger partial charge on any atom is -0.229 e. The minimum atomic E-state index is -3.51. The van der Waals surface area contributed by atoms with Crippen LogP contribution in [0.4, 0.5) is 0 Å². The van der Waals surface area contributed by atoms with Crippen LogP contribution in [0.25, 0.3) is 0 Å². The predicted octanol–water partition coefficient (Wildman–Crippen LogP) is 1.15. The van der Waals surface area contributed by atoms with E-state index >= 15 is 0 Å². The van der Waals surface area contributed by atoms with Crippen LogP contribution in [0.15, 0.2) is 0 Å². The molecule has 0 heterocycles. The third-order valence-electron chi connectivity index (χ3n) is 2.48. The Morgan fingerprint density at radius 1 is 1.11 bits per heavy atom. The van der Waals surface area contributed by atoms with E-state index in [2.05, 4.69) is 20.7 Å². The molecule has 0 bridgehead atoms. The van der Waals surface area contributed by atoms with Gasteiger partial charge in [0, 0.05) is 18.1 Å².